The minimum absolute atomic E-state index is 0.855. The van der Waals surface area contributed by atoms with Crippen molar-refractivity contribution < 1.29 is 44.4 Å². The van der Waals surface area contributed by atoms with E-state index in [0.29, 0.717) is 0 Å². The Bertz CT molecular complexity index is 240. The van der Waals surface area contributed by atoms with Crippen LogP contribution in [0, 0.1) is 0 Å². The van der Waals surface area contributed by atoms with Gasteiger partial charge >= 0.3 is 0 Å². The lowest BCUT2D eigenvalue weighted by molar-refractivity contribution is -0.223. The van der Waals surface area contributed by atoms with E-state index in [2.05, 4.69) is 4.52 Å². The van der Waals surface area contributed by atoms with Crippen LogP contribution >= 0.6 is 7.82 Å². The highest BCUT2D eigenvalue weighted by Crippen LogP contribution is 2.30. The van der Waals surface area contributed by atoms with Crippen LogP contribution in [0.3, 0.4) is 0 Å². The third-order valence-corrected chi connectivity index (χ3v) is 2.21. The van der Waals surface area contributed by atoms with Gasteiger partial charge in [0.1, 0.15) is 24.4 Å². The first-order valence-electron chi connectivity index (χ1n) is 4.20. The first-order chi connectivity index (χ1) is 7.19. The van der Waals surface area contributed by atoms with Crippen molar-refractivity contribution in [3.8, 4) is 0 Å². The predicted octanol–water partition coefficient (Wildman–Crippen LogP) is -4.10. The molecule has 0 radical (unpaired) electrons. The highest BCUT2D eigenvalue weighted by atomic mass is 31.2. The topological polar surface area (TPSA) is 171 Å². The Morgan fingerprint density at radius 1 is 1.12 bits per heavy atom. The van der Waals surface area contributed by atoms with E-state index in [0.717, 1.165) is 0 Å². The summed E-state index contributed by atoms with van der Waals surface area (Å²) < 4.78 is 13.9. The summed E-state index contributed by atoms with van der Waals surface area (Å²) in [6.45, 7) is -1.85. The van der Waals surface area contributed by atoms with E-state index in [1.165, 1.54) is 0 Å². The predicted molar refractivity (Wildman–Crippen MR) is 46.9 cm³/mol. The van der Waals surface area contributed by atoms with E-state index in [1.54, 1.807) is 0 Å². The van der Waals surface area contributed by atoms with E-state index in [1.807, 2.05) is 0 Å². The maximum atomic E-state index is 10.1. The average Bonchev–Trinajstić information content (AvgIpc) is 2.21. The third kappa shape index (κ3) is 5.85. The van der Waals surface area contributed by atoms with Gasteiger partial charge in [0.2, 0.25) is 0 Å². The molecular weight excluding hydrogens is 247 g/mol. The van der Waals surface area contributed by atoms with Crippen molar-refractivity contribution in [3.63, 3.8) is 0 Å². The van der Waals surface area contributed by atoms with Crippen LogP contribution < -0.4 is 4.89 Å². The van der Waals surface area contributed by atoms with Gasteiger partial charge in [0, 0.05) is 0 Å². The first kappa shape index (κ1) is 15.9. The number of aliphatic hydroxyl groups is 5. The number of hydrogen-bond acceptors (Lipinski definition) is 8. The largest absolute Gasteiger partial charge is 0.756 e. The zero-order chi connectivity index (χ0) is 12.9. The second-order valence-electron chi connectivity index (χ2n) is 3.06. The molecule has 0 rings (SSSR count). The summed E-state index contributed by atoms with van der Waals surface area (Å²) in [4.78, 5) is 18.3. The molecule has 9 nitrogen and oxygen atoms in total. The summed E-state index contributed by atoms with van der Waals surface area (Å²) in [5.74, 6) is 0. The van der Waals surface area contributed by atoms with Crippen LogP contribution in [0.15, 0.2) is 0 Å². The Morgan fingerprint density at radius 3 is 1.94 bits per heavy atom. The molecule has 0 aromatic heterocycles. The Hall–Kier alpha value is -0.0900. The summed E-state index contributed by atoms with van der Waals surface area (Å²) >= 11 is 0. The number of aliphatic hydroxyl groups excluding tert-OH is 5. The third-order valence-electron chi connectivity index (χ3n) is 1.73. The van der Waals surface area contributed by atoms with Crippen LogP contribution in [-0.2, 0) is 9.09 Å². The average molecular weight is 261 g/mol. The molecular formula is C6H14O9P-. The minimum Gasteiger partial charge on any atom is -0.756 e. The fourth-order valence-electron chi connectivity index (χ4n) is 0.832. The Balaban J connectivity index is 4.17. The van der Waals surface area contributed by atoms with Gasteiger partial charge in [-0.3, -0.25) is 4.57 Å². The highest BCUT2D eigenvalue weighted by molar-refractivity contribution is 7.44. The van der Waals surface area contributed by atoms with E-state index >= 15 is 0 Å². The normalized spacial score (nSPS) is 23.2. The van der Waals surface area contributed by atoms with Crippen molar-refractivity contribution in [2.45, 2.75) is 24.4 Å². The molecule has 10 heteroatoms. The second kappa shape index (κ2) is 6.60. The Labute approximate surface area is 90.8 Å². The van der Waals surface area contributed by atoms with Gasteiger partial charge in [-0.2, -0.15) is 0 Å². The van der Waals surface area contributed by atoms with Crippen LogP contribution in [0.25, 0.3) is 0 Å². The molecule has 0 aromatic rings. The zero-order valence-corrected chi connectivity index (χ0v) is 8.97. The van der Waals surface area contributed by atoms with Gasteiger partial charge in [0.05, 0.1) is 13.2 Å². The summed E-state index contributed by atoms with van der Waals surface area (Å²) in [5, 5.41) is 44.7. The number of phosphoric acid groups is 1. The first-order valence-corrected chi connectivity index (χ1v) is 5.70. The lowest BCUT2D eigenvalue weighted by atomic mass is 10.0. The fourth-order valence-corrected chi connectivity index (χ4v) is 1.17. The Kier molecular flexibility index (Phi) is 6.56. The quantitative estimate of drug-likeness (QED) is 0.249. The highest BCUT2D eigenvalue weighted by Gasteiger charge is 2.30. The molecule has 6 N–H and O–H groups in total. The van der Waals surface area contributed by atoms with Crippen LogP contribution in [-0.4, -0.2) is 68.1 Å². The molecule has 0 aliphatic heterocycles. The molecule has 0 aliphatic rings. The van der Waals surface area contributed by atoms with Crippen LogP contribution in [0.1, 0.15) is 0 Å². The molecule has 5 unspecified atom stereocenters. The van der Waals surface area contributed by atoms with Crippen molar-refractivity contribution in [1.82, 2.24) is 0 Å². The van der Waals surface area contributed by atoms with E-state index in [9.17, 15) is 9.46 Å². The van der Waals surface area contributed by atoms with Crippen molar-refractivity contribution in [1.29, 1.82) is 0 Å². The van der Waals surface area contributed by atoms with Gasteiger partial charge in [-0.15, -0.1) is 0 Å². The molecule has 0 saturated heterocycles. The van der Waals surface area contributed by atoms with Gasteiger partial charge in [0.25, 0.3) is 7.82 Å². The van der Waals surface area contributed by atoms with Crippen LogP contribution in [0.4, 0.5) is 0 Å². The molecule has 5 atom stereocenters. The molecule has 16 heavy (non-hydrogen) atoms. The van der Waals surface area contributed by atoms with E-state index < -0.39 is 45.5 Å². The summed E-state index contributed by atoms with van der Waals surface area (Å²) in [6.07, 6.45) is -7.37. The monoisotopic (exact) mass is 261 g/mol. The zero-order valence-electron chi connectivity index (χ0n) is 8.08. The second-order valence-corrected chi connectivity index (χ2v) is 4.26. The SMILES string of the molecule is O=P([O-])(O)OCC(O)C(O)C(O)C(O)CO. The van der Waals surface area contributed by atoms with Crippen LogP contribution in [0.2, 0.25) is 0 Å². The molecule has 0 aromatic carbocycles. The standard InChI is InChI=1S/C6H15O9P/c7-1-3(8)5(10)6(11)4(9)2-15-16(12,13)14/h3-11H,1-2H2,(H2,12,13,14)/p-1. The van der Waals surface area contributed by atoms with Crippen molar-refractivity contribution in [2.24, 2.45) is 0 Å². The summed E-state index contributed by atoms with van der Waals surface area (Å²) in [6, 6.07) is 0. The molecule has 0 heterocycles. The number of hydrogen-bond donors (Lipinski definition) is 6. The summed E-state index contributed by atoms with van der Waals surface area (Å²) in [7, 11) is -5.03. The smallest absolute Gasteiger partial charge is 0.265 e. The lowest BCUT2D eigenvalue weighted by Crippen LogP contribution is -2.47. The maximum Gasteiger partial charge on any atom is 0.265 e. The Morgan fingerprint density at radius 2 is 1.56 bits per heavy atom. The molecule has 98 valence electrons. The van der Waals surface area contributed by atoms with Crippen molar-refractivity contribution >= 4 is 7.82 Å². The molecule has 0 fully saturated rings. The molecule has 0 spiro atoms. The molecule has 0 aliphatic carbocycles. The number of phosphoric ester groups is 1. The molecule has 0 amide bonds. The van der Waals surface area contributed by atoms with Gasteiger partial charge < -0.3 is 39.8 Å². The van der Waals surface area contributed by atoms with Gasteiger partial charge in [-0.1, -0.05) is 0 Å². The molecule has 0 saturated carbocycles. The van der Waals surface area contributed by atoms with E-state index in [4.69, 9.17) is 30.4 Å². The van der Waals surface area contributed by atoms with Gasteiger partial charge in [0.15, 0.2) is 0 Å². The maximum absolute atomic E-state index is 10.1. The summed E-state index contributed by atoms with van der Waals surface area (Å²) in [5.41, 5.74) is 0. The van der Waals surface area contributed by atoms with Gasteiger partial charge in [-0.05, 0) is 0 Å². The lowest BCUT2D eigenvalue weighted by Gasteiger charge is -2.26. The van der Waals surface area contributed by atoms with Crippen molar-refractivity contribution in [3.05, 3.63) is 0 Å². The fraction of sp³-hybridized carbons (Fsp3) is 1.00. The van der Waals surface area contributed by atoms with Gasteiger partial charge in [-0.25, -0.2) is 0 Å². The van der Waals surface area contributed by atoms with Crippen LogP contribution in [0.5, 0.6) is 0 Å². The van der Waals surface area contributed by atoms with Crippen molar-refractivity contribution in [2.75, 3.05) is 13.2 Å². The minimum atomic E-state index is -5.03. The number of rotatable bonds is 7. The molecule has 0 bridgehead atoms. The van der Waals surface area contributed by atoms with E-state index in [-0.39, 0.29) is 0 Å².